The number of nitro benzene ring substituents is 2. The van der Waals surface area contributed by atoms with Gasteiger partial charge in [-0.3, -0.25) is 20.2 Å². The molecule has 53 heavy (non-hydrogen) atoms. The van der Waals surface area contributed by atoms with E-state index >= 15 is 0 Å². The van der Waals surface area contributed by atoms with Crippen LogP contribution in [0.4, 0.5) is 22.7 Å². The zero-order valence-corrected chi connectivity index (χ0v) is 29.7. The first-order valence-electron chi connectivity index (χ1n) is 16.8. The number of fused-ring (bicyclic) bond motifs is 2. The van der Waals surface area contributed by atoms with Crippen LogP contribution in [0.2, 0.25) is 0 Å². The van der Waals surface area contributed by atoms with Crippen LogP contribution < -0.4 is 9.80 Å². The minimum absolute atomic E-state index is 0.0338. The molecule has 260 valence electrons. The fourth-order valence-electron chi connectivity index (χ4n) is 6.54. The summed E-state index contributed by atoms with van der Waals surface area (Å²) in [7, 11) is 0. The Morgan fingerprint density at radius 1 is 0.509 bits per heavy atom. The lowest BCUT2D eigenvalue weighted by Crippen LogP contribution is -2.23. The molecule has 6 aromatic rings. The van der Waals surface area contributed by atoms with Crippen molar-refractivity contribution < 1.29 is 9.85 Å². The summed E-state index contributed by atoms with van der Waals surface area (Å²) in [6.45, 7) is 1.30. The third-order valence-electron chi connectivity index (χ3n) is 9.17. The summed E-state index contributed by atoms with van der Waals surface area (Å²) in [5.41, 5.74) is 8.67. The van der Waals surface area contributed by atoms with Gasteiger partial charge in [-0.25, -0.2) is 0 Å². The summed E-state index contributed by atoms with van der Waals surface area (Å²) in [4.78, 5) is 27.7. The van der Waals surface area contributed by atoms with Gasteiger partial charge in [0.1, 0.15) is 21.5 Å². The molecule has 0 unspecified atom stereocenters. The fraction of sp³-hybridized carbons (Fsp3) is 0.0732. The van der Waals surface area contributed by atoms with Crippen molar-refractivity contribution in [2.45, 2.75) is 29.3 Å². The number of nitrogens with zero attached hydrogens (tertiary/aromatic N) is 6. The molecule has 12 heteroatoms. The second-order valence-electron chi connectivity index (χ2n) is 12.5. The molecule has 0 radical (unpaired) electrons. The Hall–Kier alpha value is -6.24. The van der Waals surface area contributed by atoms with Crippen LogP contribution in [0.3, 0.4) is 0 Å². The minimum atomic E-state index is -0.379. The third-order valence-corrected chi connectivity index (χ3v) is 10.8. The Balaban J connectivity index is 0.995. The number of para-hydroxylation sites is 2. The van der Waals surface area contributed by atoms with Crippen molar-refractivity contribution in [3.8, 4) is 0 Å². The van der Waals surface area contributed by atoms with Gasteiger partial charge in [-0.15, -0.1) is 0 Å². The summed E-state index contributed by atoms with van der Waals surface area (Å²) in [6, 6.07) is 46.4. The molecule has 2 aliphatic heterocycles. The molecular weight excluding hydrogens is 705 g/mol. The van der Waals surface area contributed by atoms with Crippen molar-refractivity contribution >= 4 is 58.3 Å². The van der Waals surface area contributed by atoms with E-state index < -0.39 is 0 Å². The van der Waals surface area contributed by atoms with Crippen molar-refractivity contribution in [1.29, 1.82) is 0 Å². The lowest BCUT2D eigenvalue weighted by atomic mass is 10.0. The predicted octanol–water partition coefficient (Wildman–Crippen LogP) is 10.0. The smallest absolute Gasteiger partial charge is 0.284 e. The second kappa shape index (κ2) is 14.8. The zero-order valence-electron chi connectivity index (χ0n) is 28.1. The molecular formula is C41H30N6O4S2. The van der Waals surface area contributed by atoms with Gasteiger partial charge in [0.15, 0.2) is 0 Å². The number of amidine groups is 2. The number of benzene rings is 6. The van der Waals surface area contributed by atoms with Gasteiger partial charge in [-0.2, -0.15) is 8.80 Å². The number of hydrogen-bond acceptors (Lipinski definition) is 8. The Morgan fingerprint density at radius 3 is 1.30 bits per heavy atom. The van der Waals surface area contributed by atoms with Gasteiger partial charge in [0.2, 0.25) is 0 Å². The number of nitro groups is 2. The monoisotopic (exact) mass is 734 g/mol. The fourth-order valence-corrected chi connectivity index (χ4v) is 8.05. The van der Waals surface area contributed by atoms with Crippen LogP contribution in [0.25, 0.3) is 0 Å². The average molecular weight is 735 g/mol. The maximum absolute atomic E-state index is 11.6. The van der Waals surface area contributed by atoms with Crippen LogP contribution in [0.15, 0.2) is 164 Å². The lowest BCUT2D eigenvalue weighted by molar-refractivity contribution is -0.387. The highest BCUT2D eigenvalue weighted by Gasteiger charge is 2.28. The summed E-state index contributed by atoms with van der Waals surface area (Å²) < 4.78 is 9.67. The maximum Gasteiger partial charge on any atom is 0.284 e. The van der Waals surface area contributed by atoms with E-state index in [-0.39, 0.29) is 21.2 Å². The van der Waals surface area contributed by atoms with Gasteiger partial charge in [0.05, 0.1) is 22.9 Å². The molecule has 0 spiro atoms. The first-order chi connectivity index (χ1) is 25.9. The second-order valence-corrected chi connectivity index (χ2v) is 14.1. The molecule has 0 atom stereocenters. The first-order valence-corrected chi connectivity index (χ1v) is 18.3. The van der Waals surface area contributed by atoms with Crippen molar-refractivity contribution in [2.24, 2.45) is 8.80 Å². The lowest BCUT2D eigenvalue weighted by Gasteiger charge is -2.20. The van der Waals surface area contributed by atoms with Gasteiger partial charge in [-0.1, -0.05) is 97.1 Å². The first kappa shape index (κ1) is 33.9. The topological polar surface area (TPSA) is 117 Å². The predicted molar refractivity (Wildman–Crippen MR) is 212 cm³/mol. The number of hydrogen-bond donors (Lipinski definition) is 0. The zero-order chi connectivity index (χ0) is 36.3. The molecule has 0 N–H and O–H groups in total. The summed E-state index contributed by atoms with van der Waals surface area (Å²) >= 11 is 2.24. The van der Waals surface area contributed by atoms with Gasteiger partial charge >= 0.3 is 0 Å². The molecule has 0 aromatic heterocycles. The van der Waals surface area contributed by atoms with Crippen LogP contribution >= 0.6 is 23.9 Å². The summed E-state index contributed by atoms with van der Waals surface area (Å²) in [5, 5.41) is 23.2. The molecule has 2 heterocycles. The molecule has 8 rings (SSSR count). The standard InChI is InChI=1S/C41H30N6O4S2/c48-46(49)36-13-5-7-15-38(36)52-42-40-34-11-3-1-9-30(34)26-44(40)32-21-17-28(18-22-32)25-29-19-23-33(24-20-29)45-27-31-10-2-4-12-35(31)41(45)43-53-39-16-8-6-14-37(39)47(50)51/h1-24H,25-27H2/b42-40+,43-41+. The highest BCUT2D eigenvalue weighted by Crippen LogP contribution is 2.36. The van der Waals surface area contributed by atoms with Crippen LogP contribution in [-0.4, -0.2) is 21.5 Å². The van der Waals surface area contributed by atoms with E-state index in [9.17, 15) is 20.2 Å². The molecule has 0 fully saturated rings. The molecule has 6 aromatic carbocycles. The van der Waals surface area contributed by atoms with Gasteiger partial charge in [0, 0.05) is 58.5 Å². The third kappa shape index (κ3) is 7.02. The van der Waals surface area contributed by atoms with Crippen molar-refractivity contribution in [1.82, 2.24) is 0 Å². The largest absolute Gasteiger partial charge is 0.321 e. The summed E-state index contributed by atoms with van der Waals surface area (Å²) in [6.07, 6.45) is 0.740. The van der Waals surface area contributed by atoms with E-state index in [1.807, 2.05) is 36.4 Å². The van der Waals surface area contributed by atoms with Crippen LogP contribution in [0.5, 0.6) is 0 Å². The molecule has 0 aliphatic carbocycles. The van der Waals surface area contributed by atoms with Crippen molar-refractivity contribution in [2.75, 3.05) is 9.80 Å². The van der Waals surface area contributed by atoms with Gasteiger partial charge < -0.3 is 9.80 Å². The molecule has 10 nitrogen and oxygen atoms in total. The Kier molecular flexibility index (Phi) is 9.45. The van der Waals surface area contributed by atoms with E-state index in [1.54, 1.807) is 36.4 Å². The SMILES string of the molecule is O=[N+]([O-])c1ccccc1S/N=C1\c2ccccc2CN1c1ccc(Cc2ccc(N3Cc4ccccc4/C3=N\Sc3ccccc3[N+](=O)[O-])cc2)cc1. The van der Waals surface area contributed by atoms with Crippen molar-refractivity contribution in [3.63, 3.8) is 0 Å². The Bertz CT molecular complexity index is 2250. The average Bonchev–Trinajstić information content (AvgIpc) is 3.75. The molecule has 0 bridgehead atoms. The number of anilines is 2. The Morgan fingerprint density at radius 2 is 0.887 bits per heavy atom. The van der Waals surface area contributed by atoms with Crippen molar-refractivity contribution in [3.05, 3.63) is 199 Å². The molecule has 0 amide bonds. The Labute approximate surface area is 314 Å². The highest BCUT2D eigenvalue weighted by molar-refractivity contribution is 7.98. The van der Waals surface area contributed by atoms with Gasteiger partial charge in [-0.05, 0) is 65.1 Å². The van der Waals surface area contributed by atoms with Crippen LogP contribution in [0, 0.1) is 20.2 Å². The van der Waals surface area contributed by atoms with E-state index in [2.05, 4.69) is 70.5 Å². The molecule has 0 saturated carbocycles. The van der Waals surface area contributed by atoms with Crippen LogP contribution in [0.1, 0.15) is 33.4 Å². The van der Waals surface area contributed by atoms with E-state index in [0.717, 1.165) is 86.7 Å². The summed E-state index contributed by atoms with van der Waals surface area (Å²) in [5.74, 6) is 1.53. The highest BCUT2D eigenvalue weighted by atomic mass is 32.2. The number of rotatable bonds is 10. The normalized spacial score (nSPS) is 14.8. The van der Waals surface area contributed by atoms with E-state index in [1.165, 1.54) is 12.1 Å². The van der Waals surface area contributed by atoms with E-state index in [0.29, 0.717) is 22.9 Å². The van der Waals surface area contributed by atoms with Crippen LogP contribution in [-0.2, 0) is 19.5 Å². The minimum Gasteiger partial charge on any atom is -0.321 e. The van der Waals surface area contributed by atoms with Gasteiger partial charge in [0.25, 0.3) is 11.4 Å². The quantitative estimate of drug-likeness (QED) is 0.0776. The maximum atomic E-state index is 11.6. The molecule has 2 aliphatic rings. The van der Waals surface area contributed by atoms with E-state index in [4.69, 9.17) is 8.80 Å². The molecule has 0 saturated heterocycles.